The van der Waals surface area contributed by atoms with Crippen LogP contribution in [0.1, 0.15) is 29.9 Å². The minimum atomic E-state index is 0.323. The van der Waals surface area contributed by atoms with E-state index in [-0.39, 0.29) is 0 Å². The normalized spacial score (nSPS) is 12.7. The lowest BCUT2D eigenvalue weighted by atomic mass is 10.1. The molecule has 2 aromatic carbocycles. The summed E-state index contributed by atoms with van der Waals surface area (Å²) < 4.78 is 5.80. The molecule has 0 aliphatic rings. The first-order chi connectivity index (χ1) is 9.75. The van der Waals surface area contributed by atoms with Gasteiger partial charge in [-0.05, 0) is 25.5 Å². The van der Waals surface area contributed by atoms with E-state index >= 15 is 0 Å². The van der Waals surface area contributed by atoms with E-state index in [4.69, 9.17) is 4.42 Å². The van der Waals surface area contributed by atoms with Crippen molar-refractivity contribution in [3.63, 3.8) is 0 Å². The van der Waals surface area contributed by atoms with Crippen LogP contribution in [0.4, 0.5) is 0 Å². The highest BCUT2D eigenvalue weighted by atomic mass is 16.3. The zero-order chi connectivity index (χ0) is 13.9. The predicted molar refractivity (Wildman–Crippen MR) is 82.6 cm³/mol. The van der Waals surface area contributed by atoms with Crippen molar-refractivity contribution in [2.75, 3.05) is 0 Å². The number of hydrogen-bond donors (Lipinski definition) is 1. The molecule has 0 aliphatic carbocycles. The summed E-state index contributed by atoms with van der Waals surface area (Å²) in [5.41, 5.74) is 3.52. The topological polar surface area (TPSA) is 25.2 Å². The van der Waals surface area contributed by atoms with Crippen LogP contribution in [0, 0.1) is 6.92 Å². The average molecular weight is 265 g/mol. The number of hydrogen-bond acceptors (Lipinski definition) is 2. The second-order valence-corrected chi connectivity index (χ2v) is 5.15. The van der Waals surface area contributed by atoms with Crippen molar-refractivity contribution in [2.45, 2.75) is 26.4 Å². The van der Waals surface area contributed by atoms with Crippen molar-refractivity contribution >= 4 is 11.0 Å². The Hall–Kier alpha value is -2.06. The highest BCUT2D eigenvalue weighted by molar-refractivity contribution is 5.82. The third kappa shape index (κ3) is 2.47. The molecule has 0 aliphatic heterocycles. The maximum absolute atomic E-state index is 5.80. The molecule has 102 valence electrons. The van der Waals surface area contributed by atoms with E-state index in [9.17, 15) is 0 Å². The second kappa shape index (κ2) is 5.51. The van der Waals surface area contributed by atoms with Crippen LogP contribution in [0.3, 0.4) is 0 Å². The van der Waals surface area contributed by atoms with Gasteiger partial charge in [-0.3, -0.25) is 0 Å². The zero-order valence-electron chi connectivity index (χ0n) is 11.9. The van der Waals surface area contributed by atoms with E-state index in [0.717, 1.165) is 17.9 Å². The molecule has 0 bridgehead atoms. The molecule has 3 aromatic rings. The minimum absolute atomic E-state index is 0.323. The summed E-state index contributed by atoms with van der Waals surface area (Å²) >= 11 is 0. The quantitative estimate of drug-likeness (QED) is 0.746. The van der Waals surface area contributed by atoms with Gasteiger partial charge in [0.25, 0.3) is 0 Å². The molecule has 0 radical (unpaired) electrons. The van der Waals surface area contributed by atoms with Crippen LogP contribution >= 0.6 is 0 Å². The van der Waals surface area contributed by atoms with Crippen LogP contribution < -0.4 is 5.32 Å². The highest BCUT2D eigenvalue weighted by Crippen LogP contribution is 2.25. The van der Waals surface area contributed by atoms with Gasteiger partial charge in [0.1, 0.15) is 11.3 Å². The maximum Gasteiger partial charge on any atom is 0.134 e. The Bertz CT molecular complexity index is 700. The summed E-state index contributed by atoms with van der Waals surface area (Å²) in [6, 6.07) is 19.0. The van der Waals surface area contributed by atoms with Gasteiger partial charge in [0, 0.05) is 23.5 Å². The van der Waals surface area contributed by atoms with Crippen molar-refractivity contribution in [3.05, 3.63) is 71.5 Å². The summed E-state index contributed by atoms with van der Waals surface area (Å²) in [5.74, 6) is 0.999. The molecule has 3 rings (SSSR count). The molecule has 1 aromatic heterocycles. The fraction of sp³-hybridized carbons (Fsp3) is 0.222. The summed E-state index contributed by atoms with van der Waals surface area (Å²) in [5, 5.41) is 4.78. The summed E-state index contributed by atoms with van der Waals surface area (Å²) in [6.07, 6.45) is 0. The minimum Gasteiger partial charge on any atom is -0.461 e. The second-order valence-electron chi connectivity index (χ2n) is 5.15. The SMILES string of the molecule is Cc1oc2ccccc2c1CN[C@@H](C)c1ccccc1. The van der Waals surface area contributed by atoms with E-state index in [1.165, 1.54) is 16.5 Å². The van der Waals surface area contributed by atoms with Gasteiger partial charge in [-0.25, -0.2) is 0 Å². The van der Waals surface area contributed by atoms with Crippen LogP contribution in [0.2, 0.25) is 0 Å². The monoisotopic (exact) mass is 265 g/mol. The lowest BCUT2D eigenvalue weighted by Crippen LogP contribution is -2.18. The van der Waals surface area contributed by atoms with Crippen molar-refractivity contribution in [1.82, 2.24) is 5.32 Å². The highest BCUT2D eigenvalue weighted by Gasteiger charge is 2.11. The largest absolute Gasteiger partial charge is 0.461 e. The standard InChI is InChI=1S/C18H19NO/c1-13(15-8-4-3-5-9-15)19-12-17-14(2)20-18-11-7-6-10-16(17)18/h3-11,13,19H,12H2,1-2H3/t13-/m0/s1. The summed E-state index contributed by atoms with van der Waals surface area (Å²) in [6.45, 7) is 5.04. The van der Waals surface area contributed by atoms with Crippen LogP contribution in [0.25, 0.3) is 11.0 Å². The van der Waals surface area contributed by atoms with E-state index in [2.05, 4.69) is 48.6 Å². The number of fused-ring (bicyclic) bond motifs is 1. The first-order valence-corrected chi connectivity index (χ1v) is 7.01. The molecular weight excluding hydrogens is 246 g/mol. The Labute approximate surface area is 119 Å². The number of furan rings is 1. The maximum atomic E-state index is 5.80. The lowest BCUT2D eigenvalue weighted by molar-refractivity contribution is 0.544. The molecule has 0 amide bonds. The fourth-order valence-corrected chi connectivity index (χ4v) is 2.56. The summed E-state index contributed by atoms with van der Waals surface area (Å²) in [4.78, 5) is 0. The number of nitrogens with one attached hydrogen (secondary N) is 1. The van der Waals surface area contributed by atoms with Gasteiger partial charge in [0.15, 0.2) is 0 Å². The molecule has 0 saturated heterocycles. The molecule has 2 nitrogen and oxygen atoms in total. The first-order valence-electron chi connectivity index (χ1n) is 7.01. The van der Waals surface area contributed by atoms with Crippen molar-refractivity contribution < 1.29 is 4.42 Å². The zero-order valence-corrected chi connectivity index (χ0v) is 11.9. The Balaban J connectivity index is 1.79. The van der Waals surface area contributed by atoms with E-state index in [0.29, 0.717) is 6.04 Å². The molecule has 0 fully saturated rings. The molecule has 2 heteroatoms. The van der Waals surface area contributed by atoms with Crippen molar-refractivity contribution in [1.29, 1.82) is 0 Å². The molecule has 20 heavy (non-hydrogen) atoms. The Morgan fingerprint density at radius 2 is 1.70 bits per heavy atom. The summed E-state index contributed by atoms with van der Waals surface area (Å²) in [7, 11) is 0. The van der Waals surface area contributed by atoms with Gasteiger partial charge in [0.05, 0.1) is 0 Å². The first kappa shape index (κ1) is 12.9. The van der Waals surface area contributed by atoms with Gasteiger partial charge in [0.2, 0.25) is 0 Å². The molecule has 1 N–H and O–H groups in total. The molecular formula is C18H19NO. The molecule has 1 atom stereocenters. The van der Waals surface area contributed by atoms with Gasteiger partial charge in [-0.2, -0.15) is 0 Å². The number of para-hydroxylation sites is 1. The van der Waals surface area contributed by atoms with Gasteiger partial charge in [-0.1, -0.05) is 48.5 Å². The van der Waals surface area contributed by atoms with Crippen molar-refractivity contribution in [3.8, 4) is 0 Å². The smallest absolute Gasteiger partial charge is 0.134 e. The third-order valence-electron chi connectivity index (χ3n) is 3.78. The van der Waals surface area contributed by atoms with E-state index in [1.807, 2.05) is 25.1 Å². The fourth-order valence-electron chi connectivity index (χ4n) is 2.56. The third-order valence-corrected chi connectivity index (χ3v) is 3.78. The molecule has 1 heterocycles. The number of benzene rings is 2. The Morgan fingerprint density at radius 1 is 1.00 bits per heavy atom. The molecule has 0 saturated carbocycles. The van der Waals surface area contributed by atoms with Crippen LogP contribution in [0.5, 0.6) is 0 Å². The predicted octanol–water partition coefficient (Wildman–Crippen LogP) is 4.59. The number of aryl methyl sites for hydroxylation is 1. The average Bonchev–Trinajstić information content (AvgIpc) is 2.81. The van der Waals surface area contributed by atoms with Gasteiger partial charge < -0.3 is 9.73 Å². The van der Waals surface area contributed by atoms with Crippen LogP contribution in [0.15, 0.2) is 59.0 Å². The van der Waals surface area contributed by atoms with Gasteiger partial charge >= 0.3 is 0 Å². The van der Waals surface area contributed by atoms with Crippen LogP contribution in [-0.4, -0.2) is 0 Å². The van der Waals surface area contributed by atoms with E-state index < -0.39 is 0 Å². The Kier molecular flexibility index (Phi) is 3.57. The Morgan fingerprint density at radius 3 is 2.50 bits per heavy atom. The molecule has 0 unspecified atom stereocenters. The van der Waals surface area contributed by atoms with Crippen molar-refractivity contribution in [2.24, 2.45) is 0 Å². The lowest BCUT2D eigenvalue weighted by Gasteiger charge is -2.14. The van der Waals surface area contributed by atoms with Crippen LogP contribution in [-0.2, 0) is 6.54 Å². The van der Waals surface area contributed by atoms with Gasteiger partial charge in [-0.15, -0.1) is 0 Å². The molecule has 0 spiro atoms. The van der Waals surface area contributed by atoms with E-state index in [1.54, 1.807) is 0 Å². The number of rotatable bonds is 4.